The van der Waals surface area contributed by atoms with Crippen molar-refractivity contribution in [2.75, 3.05) is 13.2 Å². The molecule has 6 nitrogen and oxygen atoms in total. The Labute approximate surface area is 455 Å². The second-order valence-electron chi connectivity index (χ2n) is 22.1. The summed E-state index contributed by atoms with van der Waals surface area (Å²) in [6.07, 6.45) is 79.8. The summed E-state index contributed by atoms with van der Waals surface area (Å²) >= 11 is 0. The van der Waals surface area contributed by atoms with Crippen molar-refractivity contribution in [1.82, 2.24) is 5.32 Å². The first kappa shape index (κ1) is 70.8. The van der Waals surface area contributed by atoms with E-state index >= 15 is 0 Å². The number of amides is 1. The molecule has 0 saturated carbocycles. The minimum Gasteiger partial charge on any atom is -0.466 e. The predicted octanol–water partition coefficient (Wildman–Crippen LogP) is 20.5. The van der Waals surface area contributed by atoms with E-state index in [1.54, 1.807) is 0 Å². The number of ether oxygens (including phenoxy) is 1. The number of carbonyl (C=O) groups is 2. The van der Waals surface area contributed by atoms with Gasteiger partial charge in [-0.2, -0.15) is 0 Å². The molecule has 0 radical (unpaired) electrons. The lowest BCUT2D eigenvalue weighted by atomic mass is 10.0. The summed E-state index contributed by atoms with van der Waals surface area (Å²) in [4.78, 5) is 24.6. The fraction of sp³-hybridized carbons (Fsp3) is 0.851. The SMILES string of the molecule is CCCCC/C=C\C/C=C\CCCCCCCCCC(=O)OCCCCCCCCCCC/C=C\C/C=C\CCCCCCCCCC(=O)NC(CO)C(O)CCCCCCCCCCCCCCCCCC. The number of esters is 1. The maximum absolute atomic E-state index is 12.5. The molecule has 0 aromatic heterocycles. The molecule has 0 aliphatic heterocycles. The zero-order valence-electron chi connectivity index (χ0n) is 48.9. The second-order valence-corrected chi connectivity index (χ2v) is 22.1. The van der Waals surface area contributed by atoms with E-state index in [9.17, 15) is 19.8 Å². The first-order valence-corrected chi connectivity index (χ1v) is 32.4. The van der Waals surface area contributed by atoms with Crippen LogP contribution in [0.2, 0.25) is 0 Å². The van der Waals surface area contributed by atoms with Crippen LogP contribution in [-0.4, -0.2) is 47.4 Å². The van der Waals surface area contributed by atoms with Gasteiger partial charge in [-0.15, -0.1) is 0 Å². The summed E-state index contributed by atoms with van der Waals surface area (Å²) in [6, 6.07) is -0.550. The van der Waals surface area contributed by atoms with Gasteiger partial charge >= 0.3 is 5.97 Å². The van der Waals surface area contributed by atoms with Gasteiger partial charge in [0, 0.05) is 12.8 Å². The van der Waals surface area contributed by atoms with Crippen LogP contribution in [0.1, 0.15) is 341 Å². The number of allylic oxidation sites excluding steroid dienone is 8. The lowest BCUT2D eigenvalue weighted by molar-refractivity contribution is -0.143. The van der Waals surface area contributed by atoms with E-state index in [1.807, 2.05) is 0 Å². The normalized spacial score (nSPS) is 12.9. The van der Waals surface area contributed by atoms with Gasteiger partial charge in [0.15, 0.2) is 0 Å². The second kappa shape index (κ2) is 62.4. The molecule has 0 aliphatic rings. The summed E-state index contributed by atoms with van der Waals surface area (Å²) in [5.41, 5.74) is 0. The molecule has 0 heterocycles. The van der Waals surface area contributed by atoms with Crippen LogP contribution < -0.4 is 5.32 Å². The third-order valence-electron chi connectivity index (χ3n) is 14.9. The zero-order valence-corrected chi connectivity index (χ0v) is 48.9. The first-order chi connectivity index (χ1) is 36.0. The van der Waals surface area contributed by atoms with Crippen molar-refractivity contribution in [1.29, 1.82) is 0 Å². The molecule has 0 aromatic rings. The first-order valence-electron chi connectivity index (χ1n) is 32.4. The van der Waals surface area contributed by atoms with Crippen LogP contribution >= 0.6 is 0 Å². The zero-order chi connectivity index (χ0) is 52.9. The van der Waals surface area contributed by atoms with Crippen LogP contribution in [0, 0.1) is 0 Å². The molecule has 0 aliphatic carbocycles. The van der Waals surface area contributed by atoms with Gasteiger partial charge in [0.1, 0.15) is 0 Å². The van der Waals surface area contributed by atoms with Gasteiger partial charge in [-0.05, 0) is 89.9 Å². The number of aliphatic hydroxyl groups excluding tert-OH is 2. The molecular formula is C67H125NO5. The predicted molar refractivity (Wildman–Crippen MR) is 319 cm³/mol. The molecule has 0 rings (SSSR count). The molecule has 1 amide bonds. The highest BCUT2D eigenvalue weighted by Crippen LogP contribution is 2.17. The fourth-order valence-corrected chi connectivity index (χ4v) is 9.88. The molecule has 73 heavy (non-hydrogen) atoms. The van der Waals surface area contributed by atoms with Crippen molar-refractivity contribution >= 4 is 11.9 Å². The Balaban J connectivity index is 3.45. The molecule has 6 heteroatoms. The minimum absolute atomic E-state index is 0.000741. The number of rotatable bonds is 60. The van der Waals surface area contributed by atoms with Crippen molar-refractivity contribution in [3.05, 3.63) is 48.6 Å². The van der Waals surface area contributed by atoms with E-state index in [0.29, 0.717) is 25.9 Å². The van der Waals surface area contributed by atoms with Crippen molar-refractivity contribution in [3.8, 4) is 0 Å². The maximum atomic E-state index is 12.5. The van der Waals surface area contributed by atoms with Gasteiger partial charge < -0.3 is 20.3 Å². The summed E-state index contributed by atoms with van der Waals surface area (Å²) in [7, 11) is 0. The highest BCUT2D eigenvalue weighted by atomic mass is 16.5. The van der Waals surface area contributed by atoms with E-state index in [0.717, 1.165) is 64.2 Å². The molecule has 428 valence electrons. The fourth-order valence-electron chi connectivity index (χ4n) is 9.88. The smallest absolute Gasteiger partial charge is 0.305 e. The van der Waals surface area contributed by atoms with Crippen molar-refractivity contribution < 1.29 is 24.5 Å². The molecule has 2 atom stereocenters. The molecule has 0 bridgehead atoms. The topological polar surface area (TPSA) is 95.9 Å². The summed E-state index contributed by atoms with van der Waals surface area (Å²) < 4.78 is 5.49. The average molecular weight is 1020 g/mol. The summed E-state index contributed by atoms with van der Waals surface area (Å²) in [5.74, 6) is -0.0449. The van der Waals surface area contributed by atoms with E-state index in [1.165, 1.54) is 244 Å². The third-order valence-corrected chi connectivity index (χ3v) is 14.9. The Morgan fingerprint density at radius 3 is 1.07 bits per heavy atom. The highest BCUT2D eigenvalue weighted by molar-refractivity contribution is 5.76. The van der Waals surface area contributed by atoms with Gasteiger partial charge in [-0.3, -0.25) is 9.59 Å². The average Bonchev–Trinajstić information content (AvgIpc) is 3.39. The molecule has 0 aromatic carbocycles. The van der Waals surface area contributed by atoms with Crippen LogP contribution in [0.15, 0.2) is 48.6 Å². The van der Waals surface area contributed by atoms with Gasteiger partial charge in [0.05, 0.1) is 25.4 Å². The largest absolute Gasteiger partial charge is 0.466 e. The monoisotopic (exact) mass is 1020 g/mol. The van der Waals surface area contributed by atoms with E-state index in [-0.39, 0.29) is 18.5 Å². The molecular weight excluding hydrogens is 899 g/mol. The van der Waals surface area contributed by atoms with Crippen LogP contribution in [-0.2, 0) is 14.3 Å². The van der Waals surface area contributed by atoms with Crippen LogP contribution in [0.3, 0.4) is 0 Å². The van der Waals surface area contributed by atoms with Crippen LogP contribution in [0.5, 0.6) is 0 Å². The van der Waals surface area contributed by atoms with E-state index in [2.05, 4.69) is 67.8 Å². The minimum atomic E-state index is -0.672. The Morgan fingerprint density at radius 1 is 0.384 bits per heavy atom. The number of nitrogens with one attached hydrogen (secondary N) is 1. The molecule has 0 fully saturated rings. The highest BCUT2D eigenvalue weighted by Gasteiger charge is 2.20. The number of aliphatic hydroxyl groups is 2. The van der Waals surface area contributed by atoms with Gasteiger partial charge in [0.2, 0.25) is 5.91 Å². The third kappa shape index (κ3) is 58.9. The van der Waals surface area contributed by atoms with Crippen LogP contribution in [0.25, 0.3) is 0 Å². The Hall–Kier alpha value is -2.18. The standard InChI is InChI=1S/C67H125NO5/c1-3-5-7-9-11-13-15-17-19-28-33-37-41-45-49-53-57-61-67(72)73-62-58-54-50-46-42-38-34-30-27-25-23-21-22-24-26-29-32-36-40-44-48-52-56-60-66(71)68-64(63-69)65(70)59-55-51-47-43-39-35-31-20-18-16-14-12-10-8-6-4-2/h11,13,17,19,21,23-24,26,64-65,69-70H,3-10,12,14-16,18,20,22,25,27-63H2,1-2H3,(H,68,71)/b13-11-,19-17-,23-21-,26-24-. The summed E-state index contributed by atoms with van der Waals surface area (Å²) in [5, 5.41) is 23.3. The number of hydrogen-bond donors (Lipinski definition) is 3. The molecule has 3 N–H and O–H groups in total. The molecule has 0 saturated heterocycles. The number of hydrogen-bond acceptors (Lipinski definition) is 5. The lowest BCUT2D eigenvalue weighted by Crippen LogP contribution is -2.45. The number of unbranched alkanes of at least 4 members (excludes halogenated alkanes) is 41. The number of carbonyl (C=O) groups excluding carboxylic acids is 2. The maximum Gasteiger partial charge on any atom is 0.305 e. The Bertz CT molecular complexity index is 1230. The molecule has 2 unspecified atom stereocenters. The van der Waals surface area contributed by atoms with Gasteiger partial charge in [0.25, 0.3) is 0 Å². The Kier molecular flexibility index (Phi) is 60.5. The quantitative estimate of drug-likeness (QED) is 0.0320. The van der Waals surface area contributed by atoms with E-state index in [4.69, 9.17) is 4.74 Å². The van der Waals surface area contributed by atoms with Crippen molar-refractivity contribution in [2.24, 2.45) is 0 Å². The van der Waals surface area contributed by atoms with Gasteiger partial charge in [-0.25, -0.2) is 0 Å². The summed E-state index contributed by atoms with van der Waals surface area (Å²) in [6.45, 7) is 4.93. The van der Waals surface area contributed by atoms with Crippen molar-refractivity contribution in [2.45, 2.75) is 353 Å². The van der Waals surface area contributed by atoms with Gasteiger partial charge in [-0.1, -0.05) is 287 Å². The van der Waals surface area contributed by atoms with Crippen molar-refractivity contribution in [3.63, 3.8) is 0 Å². The molecule has 0 spiro atoms. The van der Waals surface area contributed by atoms with E-state index < -0.39 is 12.1 Å². The lowest BCUT2D eigenvalue weighted by Gasteiger charge is -2.22. The van der Waals surface area contributed by atoms with Crippen LogP contribution in [0.4, 0.5) is 0 Å². The Morgan fingerprint density at radius 2 is 0.685 bits per heavy atom.